The van der Waals surface area contributed by atoms with Gasteiger partial charge in [-0.15, -0.1) is 6.58 Å². The second-order valence-electron chi connectivity index (χ2n) is 4.34. The first-order chi connectivity index (χ1) is 9.74. The largest absolute Gasteiger partial charge is 0.426 e. The summed E-state index contributed by atoms with van der Waals surface area (Å²) in [6.07, 6.45) is 1.38. The molecular formula is C17H16O3. The van der Waals surface area contributed by atoms with Crippen LogP contribution in [0.25, 0.3) is 11.1 Å². The van der Waals surface area contributed by atoms with E-state index in [4.69, 9.17) is 9.84 Å². The van der Waals surface area contributed by atoms with Crippen LogP contribution in [0.1, 0.15) is 0 Å². The lowest BCUT2D eigenvalue weighted by atomic mass is 10.1. The number of hydrogen-bond acceptors (Lipinski definition) is 3. The van der Waals surface area contributed by atoms with Gasteiger partial charge in [0.05, 0.1) is 12.5 Å². The summed E-state index contributed by atoms with van der Waals surface area (Å²) < 4.78 is 5.25. The number of aliphatic hydroxyl groups excluding tert-OH is 1. The normalized spacial score (nSPS) is 11.7. The lowest BCUT2D eigenvalue weighted by molar-refractivity contribution is -0.138. The summed E-state index contributed by atoms with van der Waals surface area (Å²) in [5.74, 6) is -0.750. The molecule has 0 saturated carbocycles. The van der Waals surface area contributed by atoms with Crippen molar-refractivity contribution < 1.29 is 14.6 Å². The van der Waals surface area contributed by atoms with Crippen LogP contribution in [0.3, 0.4) is 0 Å². The summed E-state index contributed by atoms with van der Waals surface area (Å²) in [6.45, 7) is 3.19. The van der Waals surface area contributed by atoms with Crippen LogP contribution < -0.4 is 4.74 Å². The molecule has 0 heterocycles. The van der Waals surface area contributed by atoms with E-state index in [0.29, 0.717) is 5.75 Å². The van der Waals surface area contributed by atoms with E-state index in [1.165, 1.54) is 6.08 Å². The number of hydrogen-bond donors (Lipinski definition) is 1. The maximum absolute atomic E-state index is 11.8. The summed E-state index contributed by atoms with van der Waals surface area (Å²) in [7, 11) is 0. The molecule has 0 aliphatic rings. The van der Waals surface area contributed by atoms with Crippen LogP contribution in [0.2, 0.25) is 0 Å². The molecule has 1 atom stereocenters. The lowest BCUT2D eigenvalue weighted by Crippen LogP contribution is -2.21. The molecule has 20 heavy (non-hydrogen) atoms. The van der Waals surface area contributed by atoms with Crippen molar-refractivity contribution in [2.24, 2.45) is 5.92 Å². The Labute approximate surface area is 118 Å². The molecule has 0 bridgehead atoms. The van der Waals surface area contributed by atoms with E-state index in [1.807, 2.05) is 42.5 Å². The highest BCUT2D eigenvalue weighted by molar-refractivity contribution is 5.77. The van der Waals surface area contributed by atoms with Crippen LogP contribution in [0, 0.1) is 5.92 Å². The molecule has 3 heteroatoms. The molecule has 0 aliphatic heterocycles. The molecule has 2 aromatic carbocycles. The van der Waals surface area contributed by atoms with E-state index in [1.54, 1.807) is 12.1 Å². The fraction of sp³-hybridized carbons (Fsp3) is 0.118. The monoisotopic (exact) mass is 268 g/mol. The number of esters is 1. The molecular weight excluding hydrogens is 252 g/mol. The summed E-state index contributed by atoms with van der Waals surface area (Å²) >= 11 is 0. The van der Waals surface area contributed by atoms with Crippen LogP contribution in [0.15, 0.2) is 67.3 Å². The molecule has 1 unspecified atom stereocenters. The van der Waals surface area contributed by atoms with E-state index >= 15 is 0 Å². The third kappa shape index (κ3) is 3.33. The van der Waals surface area contributed by atoms with Crippen LogP contribution in [0.5, 0.6) is 5.75 Å². The predicted molar refractivity (Wildman–Crippen MR) is 78.3 cm³/mol. The molecule has 0 amide bonds. The highest BCUT2D eigenvalue weighted by Gasteiger charge is 2.16. The van der Waals surface area contributed by atoms with E-state index < -0.39 is 11.9 Å². The van der Waals surface area contributed by atoms with E-state index in [-0.39, 0.29) is 6.61 Å². The standard InChI is InChI=1S/C17H16O3/c1-2-13(12-18)17(19)20-16-10-6-9-15(11-16)14-7-4-3-5-8-14/h2-11,13,18H,1,12H2. The van der Waals surface area contributed by atoms with Crippen LogP contribution in [-0.2, 0) is 4.79 Å². The van der Waals surface area contributed by atoms with Gasteiger partial charge in [-0.05, 0) is 23.3 Å². The Morgan fingerprint density at radius 2 is 1.85 bits per heavy atom. The van der Waals surface area contributed by atoms with Crippen molar-refractivity contribution in [3.63, 3.8) is 0 Å². The highest BCUT2D eigenvalue weighted by atomic mass is 16.5. The minimum atomic E-state index is -0.699. The van der Waals surface area contributed by atoms with Crippen LogP contribution in [-0.4, -0.2) is 17.7 Å². The van der Waals surface area contributed by atoms with Gasteiger partial charge >= 0.3 is 5.97 Å². The average Bonchev–Trinajstić information content (AvgIpc) is 2.49. The first kappa shape index (κ1) is 14.0. The fourth-order valence-electron chi connectivity index (χ4n) is 1.81. The number of ether oxygens (including phenoxy) is 1. The molecule has 0 fully saturated rings. The Bertz CT molecular complexity index is 590. The molecule has 3 nitrogen and oxygen atoms in total. The lowest BCUT2D eigenvalue weighted by Gasteiger charge is -2.10. The zero-order valence-electron chi connectivity index (χ0n) is 11.0. The summed E-state index contributed by atoms with van der Waals surface area (Å²) in [5.41, 5.74) is 2.02. The van der Waals surface area contributed by atoms with Gasteiger partial charge in [-0.2, -0.15) is 0 Å². The van der Waals surface area contributed by atoms with Gasteiger partial charge in [-0.25, -0.2) is 0 Å². The molecule has 1 N–H and O–H groups in total. The first-order valence-electron chi connectivity index (χ1n) is 6.35. The third-order valence-electron chi connectivity index (χ3n) is 2.94. The molecule has 0 spiro atoms. The first-order valence-corrected chi connectivity index (χ1v) is 6.35. The van der Waals surface area contributed by atoms with Gasteiger partial charge in [0.2, 0.25) is 0 Å². The number of rotatable bonds is 5. The molecule has 2 rings (SSSR count). The maximum Gasteiger partial charge on any atom is 0.320 e. The van der Waals surface area contributed by atoms with E-state index in [0.717, 1.165) is 11.1 Å². The second kappa shape index (κ2) is 6.68. The Morgan fingerprint density at radius 1 is 1.15 bits per heavy atom. The Balaban J connectivity index is 2.19. The zero-order chi connectivity index (χ0) is 14.4. The minimum Gasteiger partial charge on any atom is -0.426 e. The smallest absolute Gasteiger partial charge is 0.320 e. The average molecular weight is 268 g/mol. The van der Waals surface area contributed by atoms with Crippen molar-refractivity contribution >= 4 is 5.97 Å². The second-order valence-corrected chi connectivity index (χ2v) is 4.34. The van der Waals surface area contributed by atoms with Gasteiger partial charge in [-0.1, -0.05) is 48.5 Å². The molecule has 0 aromatic heterocycles. The van der Waals surface area contributed by atoms with Gasteiger partial charge < -0.3 is 9.84 Å². The Kier molecular flexibility index (Phi) is 4.69. The zero-order valence-corrected chi connectivity index (χ0v) is 11.0. The Hall–Kier alpha value is -2.39. The predicted octanol–water partition coefficient (Wildman–Crippen LogP) is 3.05. The Morgan fingerprint density at radius 3 is 2.50 bits per heavy atom. The highest BCUT2D eigenvalue weighted by Crippen LogP contribution is 2.24. The number of aliphatic hydroxyl groups is 1. The van der Waals surface area contributed by atoms with Gasteiger partial charge in [0.1, 0.15) is 5.75 Å². The summed E-state index contributed by atoms with van der Waals surface area (Å²) in [4.78, 5) is 11.8. The van der Waals surface area contributed by atoms with Crippen molar-refractivity contribution in [3.8, 4) is 16.9 Å². The van der Waals surface area contributed by atoms with Crippen molar-refractivity contribution in [1.29, 1.82) is 0 Å². The van der Waals surface area contributed by atoms with E-state index in [9.17, 15) is 4.79 Å². The van der Waals surface area contributed by atoms with Crippen molar-refractivity contribution in [2.45, 2.75) is 0 Å². The van der Waals surface area contributed by atoms with Crippen LogP contribution >= 0.6 is 0 Å². The van der Waals surface area contributed by atoms with Crippen molar-refractivity contribution in [1.82, 2.24) is 0 Å². The van der Waals surface area contributed by atoms with Gasteiger partial charge in [-0.3, -0.25) is 4.79 Å². The minimum absolute atomic E-state index is 0.305. The molecule has 2 aromatic rings. The fourth-order valence-corrected chi connectivity index (χ4v) is 1.81. The third-order valence-corrected chi connectivity index (χ3v) is 2.94. The van der Waals surface area contributed by atoms with Crippen molar-refractivity contribution in [3.05, 3.63) is 67.3 Å². The van der Waals surface area contributed by atoms with E-state index in [2.05, 4.69) is 6.58 Å². The summed E-state index contributed by atoms with van der Waals surface area (Å²) in [5, 5.41) is 9.03. The topological polar surface area (TPSA) is 46.5 Å². The number of carbonyl (C=O) groups excluding carboxylic acids is 1. The summed E-state index contributed by atoms with van der Waals surface area (Å²) in [6, 6.07) is 17.1. The van der Waals surface area contributed by atoms with Crippen LogP contribution in [0.4, 0.5) is 0 Å². The van der Waals surface area contributed by atoms with Crippen molar-refractivity contribution in [2.75, 3.05) is 6.61 Å². The molecule has 0 aliphatic carbocycles. The van der Waals surface area contributed by atoms with Gasteiger partial charge in [0.15, 0.2) is 0 Å². The quantitative estimate of drug-likeness (QED) is 0.515. The number of carbonyl (C=O) groups is 1. The SMILES string of the molecule is C=CC(CO)C(=O)Oc1cccc(-c2ccccc2)c1. The van der Waals surface area contributed by atoms with Gasteiger partial charge in [0.25, 0.3) is 0 Å². The molecule has 0 saturated heterocycles. The maximum atomic E-state index is 11.8. The molecule has 102 valence electrons. The van der Waals surface area contributed by atoms with Gasteiger partial charge in [0, 0.05) is 0 Å². The number of benzene rings is 2. The molecule has 0 radical (unpaired) electrons.